The van der Waals surface area contributed by atoms with Crippen LogP contribution in [0.5, 0.6) is 0 Å². The first-order chi connectivity index (χ1) is 10.0. The molecule has 21 heavy (non-hydrogen) atoms. The average Bonchev–Trinajstić information content (AvgIpc) is 2.85. The monoisotopic (exact) mass is 321 g/mol. The van der Waals surface area contributed by atoms with Crippen LogP contribution in [0.4, 0.5) is 0 Å². The van der Waals surface area contributed by atoms with Gasteiger partial charge in [-0.1, -0.05) is 47.5 Å². The Labute approximate surface area is 129 Å². The van der Waals surface area contributed by atoms with Crippen molar-refractivity contribution in [3.05, 3.63) is 51.9 Å². The predicted octanol–water partition coefficient (Wildman–Crippen LogP) is 3.71. The van der Waals surface area contributed by atoms with E-state index >= 15 is 0 Å². The lowest BCUT2D eigenvalue weighted by molar-refractivity contribution is 0.0699. The molecule has 2 aromatic heterocycles. The SMILES string of the molecule is Cc1ccccc1-c1c(Cl)nc2c(C(=O)O)cnn2c1Cl. The summed E-state index contributed by atoms with van der Waals surface area (Å²) in [4.78, 5) is 15.3. The molecule has 0 aliphatic carbocycles. The molecule has 0 aliphatic heterocycles. The standard InChI is InChI=1S/C14H9Cl2N3O2/c1-7-4-2-3-5-8(7)10-11(15)18-13-9(14(20)21)6-17-19(13)12(10)16/h2-6H,1H3,(H,20,21). The molecular weight excluding hydrogens is 313 g/mol. The first kappa shape index (κ1) is 13.9. The van der Waals surface area contributed by atoms with Crippen LogP contribution in [-0.4, -0.2) is 25.7 Å². The maximum atomic E-state index is 11.1. The lowest BCUT2D eigenvalue weighted by Gasteiger charge is -2.10. The fraction of sp³-hybridized carbons (Fsp3) is 0.0714. The van der Waals surface area contributed by atoms with E-state index in [4.69, 9.17) is 28.3 Å². The number of fused-ring (bicyclic) bond motifs is 1. The number of aryl methyl sites for hydroxylation is 1. The van der Waals surface area contributed by atoms with Crippen molar-refractivity contribution in [2.24, 2.45) is 0 Å². The minimum atomic E-state index is -1.13. The van der Waals surface area contributed by atoms with Gasteiger partial charge in [-0.05, 0) is 18.1 Å². The topological polar surface area (TPSA) is 67.5 Å². The lowest BCUT2D eigenvalue weighted by Crippen LogP contribution is -2.01. The van der Waals surface area contributed by atoms with Crippen LogP contribution in [0.15, 0.2) is 30.5 Å². The second-order valence-corrected chi connectivity index (χ2v) is 5.20. The van der Waals surface area contributed by atoms with Gasteiger partial charge in [-0.15, -0.1) is 0 Å². The summed E-state index contributed by atoms with van der Waals surface area (Å²) in [5.41, 5.74) is 2.41. The Morgan fingerprint density at radius 1 is 1.29 bits per heavy atom. The number of benzene rings is 1. The molecule has 0 saturated heterocycles. The zero-order chi connectivity index (χ0) is 15.1. The van der Waals surface area contributed by atoms with Gasteiger partial charge in [0.2, 0.25) is 0 Å². The Hall–Kier alpha value is -2.11. The van der Waals surface area contributed by atoms with Crippen molar-refractivity contribution in [3.63, 3.8) is 0 Å². The molecule has 0 fully saturated rings. The minimum Gasteiger partial charge on any atom is -0.477 e. The molecule has 0 saturated carbocycles. The number of aromatic nitrogens is 3. The van der Waals surface area contributed by atoms with Gasteiger partial charge in [0.05, 0.1) is 11.8 Å². The largest absolute Gasteiger partial charge is 0.477 e. The Balaban J connectivity index is 2.36. The molecule has 0 bridgehead atoms. The van der Waals surface area contributed by atoms with Crippen LogP contribution < -0.4 is 0 Å². The van der Waals surface area contributed by atoms with Crippen molar-refractivity contribution in [3.8, 4) is 11.1 Å². The minimum absolute atomic E-state index is 0.0462. The first-order valence-corrected chi connectivity index (χ1v) is 6.78. The van der Waals surface area contributed by atoms with E-state index in [2.05, 4.69) is 10.1 Å². The molecule has 0 atom stereocenters. The van der Waals surface area contributed by atoms with E-state index in [1.807, 2.05) is 31.2 Å². The lowest BCUT2D eigenvalue weighted by atomic mass is 10.0. The van der Waals surface area contributed by atoms with Gasteiger partial charge in [-0.3, -0.25) is 0 Å². The fourth-order valence-electron chi connectivity index (χ4n) is 2.16. The van der Waals surface area contributed by atoms with Crippen molar-refractivity contribution in [1.29, 1.82) is 0 Å². The van der Waals surface area contributed by atoms with Crippen molar-refractivity contribution in [1.82, 2.24) is 14.6 Å². The quantitative estimate of drug-likeness (QED) is 0.730. The first-order valence-electron chi connectivity index (χ1n) is 6.02. The van der Waals surface area contributed by atoms with Gasteiger partial charge in [-0.2, -0.15) is 5.10 Å². The van der Waals surface area contributed by atoms with E-state index in [0.717, 1.165) is 11.1 Å². The molecule has 0 radical (unpaired) electrons. The summed E-state index contributed by atoms with van der Waals surface area (Å²) in [6, 6.07) is 7.57. The highest BCUT2D eigenvalue weighted by Gasteiger charge is 2.21. The number of nitrogens with zero attached hydrogens (tertiary/aromatic N) is 3. The van der Waals surface area contributed by atoms with Gasteiger partial charge < -0.3 is 5.11 Å². The summed E-state index contributed by atoms with van der Waals surface area (Å²) >= 11 is 12.6. The van der Waals surface area contributed by atoms with Crippen LogP contribution in [0.25, 0.3) is 16.8 Å². The zero-order valence-corrected chi connectivity index (χ0v) is 12.4. The van der Waals surface area contributed by atoms with Crippen LogP contribution in [0.3, 0.4) is 0 Å². The van der Waals surface area contributed by atoms with Gasteiger partial charge in [0.15, 0.2) is 5.65 Å². The predicted molar refractivity (Wildman–Crippen MR) is 80.1 cm³/mol. The molecular formula is C14H9Cl2N3O2. The molecule has 0 unspecified atom stereocenters. The Morgan fingerprint density at radius 3 is 2.67 bits per heavy atom. The third kappa shape index (κ3) is 2.14. The summed E-state index contributed by atoms with van der Waals surface area (Å²) in [5, 5.41) is 13.5. The molecule has 3 rings (SSSR count). The number of carboxylic acids is 1. The van der Waals surface area contributed by atoms with Gasteiger partial charge >= 0.3 is 5.97 Å². The van der Waals surface area contributed by atoms with Gasteiger partial charge in [-0.25, -0.2) is 14.3 Å². The third-order valence-electron chi connectivity index (χ3n) is 3.19. The van der Waals surface area contributed by atoms with Crippen LogP contribution >= 0.6 is 23.2 Å². The van der Waals surface area contributed by atoms with Crippen molar-refractivity contribution < 1.29 is 9.90 Å². The van der Waals surface area contributed by atoms with Crippen molar-refractivity contribution in [2.45, 2.75) is 6.92 Å². The Morgan fingerprint density at radius 2 is 2.00 bits per heavy atom. The summed E-state index contributed by atoms with van der Waals surface area (Å²) in [5.74, 6) is -1.13. The van der Waals surface area contributed by atoms with Gasteiger partial charge in [0.1, 0.15) is 15.9 Å². The second-order valence-electron chi connectivity index (χ2n) is 4.48. The molecule has 1 N–H and O–H groups in total. The van der Waals surface area contributed by atoms with Crippen LogP contribution in [-0.2, 0) is 0 Å². The van der Waals surface area contributed by atoms with E-state index in [1.165, 1.54) is 10.7 Å². The van der Waals surface area contributed by atoms with E-state index in [9.17, 15) is 4.79 Å². The Bertz CT molecular complexity index is 874. The summed E-state index contributed by atoms with van der Waals surface area (Å²) in [7, 11) is 0. The Kier molecular flexibility index (Phi) is 3.31. The smallest absolute Gasteiger partial charge is 0.341 e. The van der Waals surface area contributed by atoms with Gasteiger partial charge in [0.25, 0.3) is 0 Å². The van der Waals surface area contributed by atoms with Crippen LogP contribution in [0.2, 0.25) is 10.3 Å². The van der Waals surface area contributed by atoms with Crippen molar-refractivity contribution in [2.75, 3.05) is 0 Å². The van der Waals surface area contributed by atoms with Crippen LogP contribution in [0.1, 0.15) is 15.9 Å². The number of rotatable bonds is 2. The molecule has 5 nitrogen and oxygen atoms in total. The van der Waals surface area contributed by atoms with E-state index in [-0.39, 0.29) is 21.5 Å². The number of carbonyl (C=O) groups is 1. The molecule has 0 amide bonds. The van der Waals surface area contributed by atoms with Crippen LogP contribution in [0, 0.1) is 6.92 Å². The summed E-state index contributed by atoms with van der Waals surface area (Å²) in [6.07, 6.45) is 1.20. The molecule has 0 spiro atoms. The molecule has 3 aromatic rings. The highest BCUT2D eigenvalue weighted by molar-refractivity contribution is 6.38. The highest BCUT2D eigenvalue weighted by atomic mass is 35.5. The maximum Gasteiger partial charge on any atom is 0.341 e. The number of carboxylic acid groups (broad SMARTS) is 1. The summed E-state index contributed by atoms with van der Waals surface area (Å²) in [6.45, 7) is 1.93. The molecule has 0 aliphatic rings. The number of hydrogen-bond donors (Lipinski definition) is 1. The number of aromatic carboxylic acids is 1. The summed E-state index contributed by atoms with van der Waals surface area (Å²) < 4.78 is 1.28. The second kappa shape index (κ2) is 5.02. The molecule has 106 valence electrons. The number of hydrogen-bond acceptors (Lipinski definition) is 3. The van der Waals surface area contributed by atoms with E-state index in [0.29, 0.717) is 5.56 Å². The van der Waals surface area contributed by atoms with Crippen molar-refractivity contribution >= 4 is 34.8 Å². The fourth-order valence-corrected chi connectivity index (χ4v) is 2.79. The van der Waals surface area contributed by atoms with Gasteiger partial charge in [0, 0.05) is 0 Å². The highest BCUT2D eigenvalue weighted by Crippen LogP contribution is 2.36. The molecule has 7 heteroatoms. The number of halogens is 2. The van der Waals surface area contributed by atoms with E-state index < -0.39 is 5.97 Å². The average molecular weight is 322 g/mol. The normalized spacial score (nSPS) is 11.0. The maximum absolute atomic E-state index is 11.1. The molecule has 1 aromatic carbocycles. The van der Waals surface area contributed by atoms with E-state index in [1.54, 1.807) is 0 Å². The third-order valence-corrected chi connectivity index (χ3v) is 3.81. The molecule has 2 heterocycles. The zero-order valence-electron chi connectivity index (χ0n) is 10.8.